The number of aryl methyl sites for hydroxylation is 1. The van der Waals surface area contributed by atoms with Crippen LogP contribution in [-0.2, 0) is 6.18 Å². The summed E-state index contributed by atoms with van der Waals surface area (Å²) >= 11 is 0. The zero-order chi connectivity index (χ0) is 20.8. The highest BCUT2D eigenvalue weighted by molar-refractivity contribution is 5.91. The number of halogens is 5. The molecule has 0 aliphatic rings. The third-order valence-corrected chi connectivity index (χ3v) is 3.86. The predicted octanol–water partition coefficient (Wildman–Crippen LogP) is 3.46. The minimum absolute atomic E-state index is 0.0807. The molecule has 0 amide bonds. The number of fused-ring (bicyclic) bond motifs is 1. The molecule has 0 aliphatic carbocycles. The molecule has 0 saturated heterocycles. The Hall–Kier alpha value is -3.31. The van der Waals surface area contributed by atoms with E-state index in [1.54, 1.807) is 0 Å². The summed E-state index contributed by atoms with van der Waals surface area (Å²) < 4.78 is 74.3. The number of nitrogens with two attached hydrogens (primary N) is 1. The van der Waals surface area contributed by atoms with Gasteiger partial charge in [-0.15, -0.1) is 0 Å². The standard InChI is InChI=1S/C16H13F5N6O/c1-6-4-8(22)24-12(9(6)16(18,19)20)13-10(17)11-7(5-23-13)14(27(2)21)26-15(25-11)28-3/h4-5H,1-3H3,(H2,22,24). The van der Waals surface area contributed by atoms with Gasteiger partial charge >= 0.3 is 12.2 Å². The fourth-order valence-electron chi connectivity index (χ4n) is 2.74. The monoisotopic (exact) mass is 400 g/mol. The van der Waals surface area contributed by atoms with Crippen LogP contribution < -0.4 is 15.6 Å². The van der Waals surface area contributed by atoms with E-state index >= 15 is 4.39 Å². The lowest BCUT2D eigenvalue weighted by Gasteiger charge is -2.16. The number of hydrogen-bond donors (Lipinski definition) is 1. The summed E-state index contributed by atoms with van der Waals surface area (Å²) in [5.74, 6) is -1.86. The quantitative estimate of drug-likeness (QED) is 0.532. The molecule has 0 fully saturated rings. The lowest BCUT2D eigenvalue weighted by molar-refractivity contribution is -0.137. The summed E-state index contributed by atoms with van der Waals surface area (Å²) in [6, 6.07) is 0.642. The molecule has 0 unspecified atom stereocenters. The summed E-state index contributed by atoms with van der Waals surface area (Å²) in [7, 11) is 2.17. The van der Waals surface area contributed by atoms with Crippen LogP contribution in [0.3, 0.4) is 0 Å². The van der Waals surface area contributed by atoms with E-state index < -0.39 is 34.5 Å². The van der Waals surface area contributed by atoms with Crippen molar-refractivity contribution in [2.75, 3.05) is 25.0 Å². The van der Waals surface area contributed by atoms with Gasteiger partial charge in [-0.2, -0.15) is 28.3 Å². The van der Waals surface area contributed by atoms with Gasteiger partial charge in [0.15, 0.2) is 11.6 Å². The maximum absolute atomic E-state index is 15.1. The van der Waals surface area contributed by atoms with Gasteiger partial charge in [0.1, 0.15) is 22.7 Å². The van der Waals surface area contributed by atoms with Gasteiger partial charge in [0.25, 0.3) is 0 Å². The SMILES string of the molecule is COc1nc(N(C)F)c2cnc(-c3nc(N)cc(C)c3C(F)(F)F)c(F)c2n1. The molecule has 148 valence electrons. The van der Waals surface area contributed by atoms with Crippen molar-refractivity contribution in [3.05, 3.63) is 29.2 Å². The van der Waals surface area contributed by atoms with E-state index in [-0.39, 0.29) is 33.7 Å². The van der Waals surface area contributed by atoms with Gasteiger partial charge in [0, 0.05) is 13.2 Å². The molecule has 3 heterocycles. The zero-order valence-corrected chi connectivity index (χ0v) is 14.8. The van der Waals surface area contributed by atoms with Crippen LogP contribution in [-0.4, -0.2) is 34.1 Å². The molecule has 3 aromatic heterocycles. The summed E-state index contributed by atoms with van der Waals surface area (Å²) in [5, 5.41) is -0.0848. The van der Waals surface area contributed by atoms with Crippen molar-refractivity contribution in [2.24, 2.45) is 0 Å². The Bertz CT molecular complexity index is 1070. The van der Waals surface area contributed by atoms with Crippen molar-refractivity contribution in [1.29, 1.82) is 0 Å². The van der Waals surface area contributed by atoms with E-state index in [2.05, 4.69) is 19.9 Å². The first kappa shape index (κ1) is 19.5. The van der Waals surface area contributed by atoms with Gasteiger partial charge in [-0.1, -0.05) is 4.48 Å². The molecule has 0 spiro atoms. The number of hydrogen-bond acceptors (Lipinski definition) is 7. The highest BCUT2D eigenvalue weighted by atomic mass is 19.4. The van der Waals surface area contributed by atoms with Crippen molar-refractivity contribution >= 4 is 22.5 Å². The molecular formula is C16H13F5N6O. The highest BCUT2D eigenvalue weighted by Crippen LogP contribution is 2.40. The fraction of sp³-hybridized carbons (Fsp3) is 0.250. The lowest BCUT2D eigenvalue weighted by Crippen LogP contribution is -2.14. The predicted molar refractivity (Wildman–Crippen MR) is 90.7 cm³/mol. The molecule has 3 aromatic rings. The molecule has 28 heavy (non-hydrogen) atoms. The molecule has 0 aliphatic heterocycles. The summed E-state index contributed by atoms with van der Waals surface area (Å²) in [6.45, 7) is 1.17. The zero-order valence-electron chi connectivity index (χ0n) is 14.8. The van der Waals surface area contributed by atoms with Crippen LogP contribution in [0.5, 0.6) is 6.01 Å². The first-order valence-corrected chi connectivity index (χ1v) is 7.69. The van der Waals surface area contributed by atoms with Crippen molar-refractivity contribution in [3.63, 3.8) is 0 Å². The number of nitrogen functional groups attached to an aromatic ring is 1. The van der Waals surface area contributed by atoms with Crippen molar-refractivity contribution in [2.45, 2.75) is 13.1 Å². The summed E-state index contributed by atoms with van der Waals surface area (Å²) in [5.41, 5.74) is 2.11. The second-order valence-corrected chi connectivity index (χ2v) is 5.78. The Labute approximate surface area is 154 Å². The lowest BCUT2D eigenvalue weighted by atomic mass is 10.0. The topological polar surface area (TPSA) is 90.0 Å². The van der Waals surface area contributed by atoms with E-state index in [9.17, 15) is 17.7 Å². The minimum Gasteiger partial charge on any atom is -0.467 e. The van der Waals surface area contributed by atoms with Gasteiger partial charge in [-0.3, -0.25) is 4.98 Å². The second-order valence-electron chi connectivity index (χ2n) is 5.78. The number of rotatable bonds is 3. The van der Waals surface area contributed by atoms with E-state index in [1.807, 2.05) is 0 Å². The highest BCUT2D eigenvalue weighted by Gasteiger charge is 2.38. The number of pyridine rings is 2. The molecule has 0 bridgehead atoms. The van der Waals surface area contributed by atoms with Crippen LogP contribution >= 0.6 is 0 Å². The number of methoxy groups -OCH3 is 1. The van der Waals surface area contributed by atoms with Crippen molar-refractivity contribution in [3.8, 4) is 17.4 Å². The third-order valence-electron chi connectivity index (χ3n) is 3.86. The molecule has 0 radical (unpaired) electrons. The largest absolute Gasteiger partial charge is 0.467 e. The van der Waals surface area contributed by atoms with Gasteiger partial charge in [0.2, 0.25) is 0 Å². The van der Waals surface area contributed by atoms with E-state index in [0.29, 0.717) is 0 Å². The van der Waals surface area contributed by atoms with E-state index in [0.717, 1.165) is 19.3 Å². The normalized spacial score (nSPS) is 11.7. The average Bonchev–Trinajstić information content (AvgIpc) is 2.59. The molecule has 2 N–H and O–H groups in total. The molecule has 0 saturated carbocycles. The first-order chi connectivity index (χ1) is 13.0. The van der Waals surface area contributed by atoms with Crippen LogP contribution in [0.1, 0.15) is 11.1 Å². The Kier molecular flexibility index (Phi) is 4.65. The van der Waals surface area contributed by atoms with Gasteiger partial charge in [-0.05, 0) is 18.6 Å². The third kappa shape index (κ3) is 3.21. The second kappa shape index (κ2) is 6.69. The van der Waals surface area contributed by atoms with Gasteiger partial charge < -0.3 is 10.5 Å². The number of aromatic nitrogens is 4. The van der Waals surface area contributed by atoms with E-state index in [4.69, 9.17) is 10.5 Å². The molecular weight excluding hydrogens is 387 g/mol. The Morgan fingerprint density at radius 3 is 2.39 bits per heavy atom. The number of alkyl halides is 3. The van der Waals surface area contributed by atoms with Crippen LogP contribution in [0.15, 0.2) is 12.3 Å². The van der Waals surface area contributed by atoms with E-state index in [1.165, 1.54) is 14.0 Å². The maximum atomic E-state index is 15.1. The molecule has 0 aromatic carbocycles. The smallest absolute Gasteiger partial charge is 0.418 e. The number of anilines is 2. The Morgan fingerprint density at radius 1 is 1.14 bits per heavy atom. The van der Waals surface area contributed by atoms with Crippen molar-refractivity contribution < 1.29 is 26.8 Å². The molecule has 0 atom stereocenters. The van der Waals surface area contributed by atoms with Crippen LogP contribution in [0.25, 0.3) is 22.3 Å². The Morgan fingerprint density at radius 2 is 1.82 bits per heavy atom. The Balaban J connectivity index is 2.40. The summed E-state index contributed by atoms with van der Waals surface area (Å²) in [4.78, 5) is 14.9. The molecule has 3 rings (SSSR count). The first-order valence-electron chi connectivity index (χ1n) is 7.69. The van der Waals surface area contributed by atoms with Crippen molar-refractivity contribution in [1.82, 2.24) is 19.9 Å². The van der Waals surface area contributed by atoms with Crippen LogP contribution in [0.4, 0.5) is 33.7 Å². The number of nitrogens with zero attached hydrogens (tertiary/aromatic N) is 5. The summed E-state index contributed by atoms with van der Waals surface area (Å²) in [6.07, 6.45) is -3.88. The molecule has 12 heteroatoms. The van der Waals surface area contributed by atoms with Gasteiger partial charge in [-0.25, -0.2) is 9.37 Å². The average molecular weight is 400 g/mol. The van der Waals surface area contributed by atoms with Gasteiger partial charge in [0.05, 0.1) is 18.1 Å². The maximum Gasteiger partial charge on any atom is 0.418 e. The fourth-order valence-corrected chi connectivity index (χ4v) is 2.74. The van der Waals surface area contributed by atoms with Crippen LogP contribution in [0.2, 0.25) is 0 Å². The minimum atomic E-state index is -4.84. The van der Waals surface area contributed by atoms with Crippen LogP contribution in [0, 0.1) is 12.7 Å². The number of ether oxygens (including phenoxy) is 1. The molecule has 7 nitrogen and oxygen atoms in total.